The first-order valence-corrected chi connectivity index (χ1v) is 20.8. The van der Waals surface area contributed by atoms with Gasteiger partial charge in [0, 0.05) is 17.5 Å². The molecular weight excluding hydrogens is 753 g/mol. The number of esters is 1. The largest absolute Gasteiger partial charge is 0.499 e. The summed E-state index contributed by atoms with van der Waals surface area (Å²) in [6.07, 6.45) is 2.73. The normalized spacial score (nSPS) is 13.0. The van der Waals surface area contributed by atoms with Crippen LogP contribution in [0.15, 0.2) is 133 Å². The Balaban J connectivity index is 0.000000320. The van der Waals surface area contributed by atoms with E-state index in [1.54, 1.807) is 19.9 Å². The second-order valence-corrected chi connectivity index (χ2v) is 16.7. The average Bonchev–Trinajstić information content (AvgIpc) is 3.18. The zero-order chi connectivity index (χ0) is 44.3. The molecule has 2 amide bonds. The van der Waals surface area contributed by atoms with Crippen LogP contribution >= 0.6 is 0 Å². The third-order valence-corrected chi connectivity index (χ3v) is 9.05. The first-order valence-electron chi connectivity index (χ1n) is 20.8. The van der Waals surface area contributed by atoms with Crippen molar-refractivity contribution in [2.24, 2.45) is 5.92 Å². The summed E-state index contributed by atoms with van der Waals surface area (Å²) in [4.78, 5) is 36.7. The van der Waals surface area contributed by atoms with Crippen molar-refractivity contribution in [2.45, 2.75) is 112 Å². The quantitative estimate of drug-likeness (QED) is 0.0501. The molecule has 9 nitrogen and oxygen atoms in total. The Hall–Kier alpha value is -5.83. The van der Waals surface area contributed by atoms with E-state index in [1.807, 2.05) is 97.0 Å². The van der Waals surface area contributed by atoms with E-state index in [2.05, 4.69) is 84.8 Å². The van der Waals surface area contributed by atoms with Gasteiger partial charge in [-0.05, 0) is 115 Å². The Morgan fingerprint density at radius 2 is 1.03 bits per heavy atom. The van der Waals surface area contributed by atoms with Crippen LogP contribution in [-0.2, 0) is 36.6 Å². The number of allylic oxidation sites excluding steroid dienone is 1. The van der Waals surface area contributed by atoms with Gasteiger partial charge >= 0.3 is 18.2 Å². The van der Waals surface area contributed by atoms with Crippen LogP contribution in [0.1, 0.15) is 86.8 Å². The summed E-state index contributed by atoms with van der Waals surface area (Å²) in [7, 11) is 0. The van der Waals surface area contributed by atoms with Crippen LogP contribution in [0.2, 0.25) is 0 Å². The molecule has 0 radical (unpaired) electrons. The molecule has 0 aromatic heterocycles. The van der Waals surface area contributed by atoms with Gasteiger partial charge in [0.05, 0.1) is 25.0 Å². The highest BCUT2D eigenvalue weighted by Crippen LogP contribution is 2.23. The minimum absolute atomic E-state index is 0.0883. The van der Waals surface area contributed by atoms with Gasteiger partial charge in [-0.3, -0.25) is 0 Å². The van der Waals surface area contributed by atoms with Gasteiger partial charge in [-0.2, -0.15) is 0 Å². The van der Waals surface area contributed by atoms with Crippen LogP contribution in [-0.4, -0.2) is 54.7 Å². The topological polar surface area (TPSA) is 112 Å². The highest BCUT2D eigenvalue weighted by Gasteiger charge is 2.23. The number of ether oxygens (including phenoxy) is 4. The monoisotopic (exact) mass is 818 g/mol. The molecule has 322 valence electrons. The lowest BCUT2D eigenvalue weighted by molar-refractivity contribution is -0.138. The van der Waals surface area contributed by atoms with Gasteiger partial charge in [-0.15, -0.1) is 0 Å². The van der Waals surface area contributed by atoms with Gasteiger partial charge in [0.15, 0.2) is 0 Å². The summed E-state index contributed by atoms with van der Waals surface area (Å²) in [6, 6.07) is 36.6. The van der Waals surface area contributed by atoms with E-state index in [-0.39, 0.29) is 12.0 Å². The first kappa shape index (κ1) is 48.5. The molecule has 0 bridgehead atoms. The molecule has 0 saturated heterocycles. The molecule has 0 aliphatic heterocycles. The van der Waals surface area contributed by atoms with Crippen LogP contribution < -0.4 is 10.6 Å². The summed E-state index contributed by atoms with van der Waals surface area (Å²) < 4.78 is 21.5. The number of hydrogen-bond donors (Lipinski definition) is 2. The minimum atomic E-state index is -0.605. The molecule has 2 N–H and O–H groups in total. The highest BCUT2D eigenvalue weighted by atomic mass is 16.6. The zero-order valence-electron chi connectivity index (χ0n) is 37.3. The van der Waals surface area contributed by atoms with Crippen LogP contribution in [0, 0.1) is 5.92 Å². The van der Waals surface area contributed by atoms with E-state index in [1.165, 1.54) is 11.1 Å². The van der Waals surface area contributed by atoms with Crippen molar-refractivity contribution in [3.63, 3.8) is 0 Å². The van der Waals surface area contributed by atoms with E-state index in [9.17, 15) is 14.4 Å². The summed E-state index contributed by atoms with van der Waals surface area (Å²) in [6.45, 7) is 23.4. The fraction of sp³-hybridized carbons (Fsp3) is 0.392. The smallest absolute Gasteiger partial charge is 0.408 e. The Labute approximate surface area is 358 Å². The Kier molecular flexibility index (Phi) is 19.2. The molecule has 4 aromatic rings. The molecule has 0 saturated carbocycles. The summed E-state index contributed by atoms with van der Waals surface area (Å²) in [5.74, 6) is 0.467. The summed E-state index contributed by atoms with van der Waals surface area (Å²) >= 11 is 0. The molecule has 9 heteroatoms. The molecule has 0 heterocycles. The predicted molar refractivity (Wildman–Crippen MR) is 242 cm³/mol. The molecule has 0 fully saturated rings. The maximum atomic E-state index is 12.4. The Bertz CT molecular complexity index is 1960. The molecule has 0 aliphatic carbocycles. The van der Waals surface area contributed by atoms with Crippen molar-refractivity contribution < 1.29 is 33.3 Å². The number of benzene rings is 4. The van der Waals surface area contributed by atoms with Crippen LogP contribution in [0.25, 0.3) is 22.3 Å². The highest BCUT2D eigenvalue weighted by molar-refractivity contribution is 5.88. The SMILES string of the molecule is C=C(OCC)C(C)C[C@@H](Cc1ccc(-c2ccccc2)cc1)NC(=O)OC(C)(C)C.CCOC(=O)/C(C)=C/[C@@H](Cc1ccc(-c2ccccc2)cc1)NC(=O)OC(C)(C)C. The van der Waals surface area contributed by atoms with E-state index < -0.39 is 35.4 Å². The summed E-state index contributed by atoms with van der Waals surface area (Å²) in [5.41, 5.74) is 6.12. The maximum absolute atomic E-state index is 12.4. The average molecular weight is 819 g/mol. The second kappa shape index (κ2) is 23.7. The number of hydrogen-bond acceptors (Lipinski definition) is 7. The summed E-state index contributed by atoms with van der Waals surface area (Å²) in [5, 5.41) is 5.89. The Morgan fingerprint density at radius 1 is 0.617 bits per heavy atom. The van der Waals surface area contributed by atoms with Crippen molar-refractivity contribution in [2.75, 3.05) is 13.2 Å². The van der Waals surface area contributed by atoms with E-state index >= 15 is 0 Å². The predicted octanol–water partition coefficient (Wildman–Crippen LogP) is 11.7. The van der Waals surface area contributed by atoms with Crippen LogP contribution in [0.3, 0.4) is 0 Å². The maximum Gasteiger partial charge on any atom is 0.408 e. The number of alkyl carbamates (subject to hydrolysis) is 2. The Morgan fingerprint density at radius 3 is 1.47 bits per heavy atom. The molecule has 3 atom stereocenters. The minimum Gasteiger partial charge on any atom is -0.499 e. The fourth-order valence-corrected chi connectivity index (χ4v) is 6.24. The third-order valence-electron chi connectivity index (χ3n) is 9.05. The lowest BCUT2D eigenvalue weighted by Gasteiger charge is -2.26. The van der Waals surface area contributed by atoms with Crippen molar-refractivity contribution in [3.05, 3.63) is 144 Å². The van der Waals surface area contributed by atoms with Crippen molar-refractivity contribution in [1.29, 1.82) is 0 Å². The first-order chi connectivity index (χ1) is 28.3. The standard InChI is InChI=1S/C26H35NO3.C25H31NO4/c1-7-29-20(3)19(2)17-24(27-25(28)30-26(4,5)6)18-21-13-15-23(16-14-21)22-11-9-8-10-12-22;1-6-29-23(27)18(2)16-22(26-24(28)30-25(3,4)5)17-19-12-14-21(15-13-19)20-10-8-7-9-11-20/h8-16,19,24H,3,7,17-18H2,1-2,4-6H3,(H,27,28);7-16,22H,6,17H2,1-5H3,(H,26,28)/b;18-16+/t19?,24-;22-/m00/s1. The molecule has 4 aromatic carbocycles. The van der Waals surface area contributed by atoms with Crippen molar-refractivity contribution in [1.82, 2.24) is 10.6 Å². The number of rotatable bonds is 16. The third kappa shape index (κ3) is 18.4. The van der Waals surface area contributed by atoms with Crippen molar-refractivity contribution in [3.8, 4) is 22.3 Å². The molecular formula is C51H66N2O7. The van der Waals surface area contributed by atoms with E-state index in [4.69, 9.17) is 18.9 Å². The van der Waals surface area contributed by atoms with Gasteiger partial charge in [0.2, 0.25) is 0 Å². The van der Waals surface area contributed by atoms with Gasteiger partial charge in [0.25, 0.3) is 0 Å². The lowest BCUT2D eigenvalue weighted by Crippen LogP contribution is -2.41. The van der Waals surface area contributed by atoms with Gasteiger partial charge in [-0.1, -0.05) is 129 Å². The molecule has 0 aliphatic rings. The number of carbonyl (C=O) groups excluding carboxylic acids is 3. The van der Waals surface area contributed by atoms with Gasteiger partial charge < -0.3 is 29.6 Å². The number of carbonyl (C=O) groups is 3. The van der Waals surface area contributed by atoms with E-state index in [0.717, 1.165) is 34.4 Å². The fourth-order valence-electron chi connectivity index (χ4n) is 6.24. The van der Waals surface area contributed by atoms with Crippen LogP contribution in [0.5, 0.6) is 0 Å². The molecule has 0 spiro atoms. The number of amides is 2. The molecule has 1 unspecified atom stereocenters. The van der Waals surface area contributed by atoms with E-state index in [0.29, 0.717) is 31.6 Å². The van der Waals surface area contributed by atoms with Crippen molar-refractivity contribution >= 4 is 18.2 Å². The van der Waals surface area contributed by atoms with Gasteiger partial charge in [-0.25, -0.2) is 14.4 Å². The molecule has 60 heavy (non-hydrogen) atoms. The number of nitrogens with one attached hydrogen (secondary N) is 2. The van der Waals surface area contributed by atoms with Crippen LogP contribution in [0.4, 0.5) is 9.59 Å². The zero-order valence-corrected chi connectivity index (χ0v) is 37.3. The second-order valence-electron chi connectivity index (χ2n) is 16.7. The molecule has 4 rings (SSSR count). The lowest BCUT2D eigenvalue weighted by atomic mass is 9.94. The van der Waals surface area contributed by atoms with Gasteiger partial charge in [0.1, 0.15) is 11.2 Å².